The molecule has 2 aromatic rings. The van der Waals surface area contributed by atoms with Crippen molar-refractivity contribution in [2.45, 2.75) is 31.9 Å². The second-order valence-electron chi connectivity index (χ2n) is 5.09. The van der Waals surface area contributed by atoms with Crippen molar-refractivity contribution in [1.82, 2.24) is 15.1 Å². The summed E-state index contributed by atoms with van der Waals surface area (Å²) >= 11 is 0. The van der Waals surface area contributed by atoms with Crippen LogP contribution < -0.4 is 5.32 Å². The van der Waals surface area contributed by atoms with Crippen molar-refractivity contribution in [3.05, 3.63) is 48.3 Å². The number of ether oxygens (including phenoxy) is 1. The van der Waals surface area contributed by atoms with Crippen LogP contribution >= 0.6 is 0 Å². The molecule has 2 atom stereocenters. The fourth-order valence-corrected chi connectivity index (χ4v) is 2.85. The Morgan fingerprint density at radius 2 is 2.20 bits per heavy atom. The number of aromatic nitrogens is 2. The highest BCUT2D eigenvalue weighted by Gasteiger charge is 2.29. The molecule has 1 aromatic heterocycles. The Morgan fingerprint density at radius 3 is 2.90 bits per heavy atom. The van der Waals surface area contributed by atoms with Gasteiger partial charge in [-0.15, -0.1) is 0 Å². The quantitative estimate of drug-likeness (QED) is 0.908. The highest BCUT2D eigenvalue weighted by atomic mass is 16.5. The highest BCUT2D eigenvalue weighted by Crippen LogP contribution is 2.28. The van der Waals surface area contributed by atoms with Crippen LogP contribution in [-0.2, 0) is 4.74 Å². The zero-order chi connectivity index (χ0) is 13.8. The van der Waals surface area contributed by atoms with E-state index in [-0.39, 0.29) is 12.1 Å². The van der Waals surface area contributed by atoms with E-state index in [0.29, 0.717) is 0 Å². The first-order valence-corrected chi connectivity index (χ1v) is 7.34. The van der Waals surface area contributed by atoms with Gasteiger partial charge in [-0.2, -0.15) is 5.10 Å². The van der Waals surface area contributed by atoms with E-state index in [9.17, 15) is 0 Å². The molecule has 0 bridgehead atoms. The van der Waals surface area contributed by atoms with Crippen LogP contribution in [0, 0.1) is 0 Å². The third-order valence-electron chi connectivity index (χ3n) is 3.75. The molecule has 1 fully saturated rings. The lowest BCUT2D eigenvalue weighted by molar-refractivity contribution is 0.0768. The number of rotatable bonds is 5. The summed E-state index contributed by atoms with van der Waals surface area (Å²) in [6.45, 7) is 3.92. The van der Waals surface area contributed by atoms with Crippen LogP contribution in [0.25, 0.3) is 5.69 Å². The molecule has 1 N–H and O–H groups in total. The molecule has 20 heavy (non-hydrogen) atoms. The molecule has 1 aliphatic heterocycles. The number of likely N-dealkylation sites (N-methyl/N-ethyl adjacent to an activating group) is 1. The summed E-state index contributed by atoms with van der Waals surface area (Å²) in [6.07, 6.45) is 4.36. The smallest absolute Gasteiger partial charge is 0.0786 e. The van der Waals surface area contributed by atoms with Crippen molar-refractivity contribution in [1.29, 1.82) is 0 Å². The van der Waals surface area contributed by atoms with Gasteiger partial charge in [0.25, 0.3) is 0 Å². The lowest BCUT2D eigenvalue weighted by atomic mass is 10.0. The van der Waals surface area contributed by atoms with Gasteiger partial charge in [0, 0.05) is 12.8 Å². The molecule has 0 spiro atoms. The number of benzene rings is 1. The Morgan fingerprint density at radius 1 is 1.35 bits per heavy atom. The van der Waals surface area contributed by atoms with E-state index in [2.05, 4.69) is 35.5 Å². The average Bonchev–Trinajstić information content (AvgIpc) is 3.17. The van der Waals surface area contributed by atoms with E-state index in [1.807, 2.05) is 29.1 Å². The molecule has 2 unspecified atom stereocenters. The molecule has 3 rings (SSSR count). The minimum Gasteiger partial charge on any atom is -0.376 e. The third-order valence-corrected chi connectivity index (χ3v) is 3.75. The number of hydrogen-bond acceptors (Lipinski definition) is 3. The van der Waals surface area contributed by atoms with Crippen LogP contribution in [-0.4, -0.2) is 29.0 Å². The molecule has 2 heterocycles. The summed E-state index contributed by atoms with van der Waals surface area (Å²) in [6, 6.07) is 12.5. The zero-order valence-corrected chi connectivity index (χ0v) is 11.8. The molecule has 0 saturated carbocycles. The van der Waals surface area contributed by atoms with E-state index < -0.39 is 0 Å². The van der Waals surface area contributed by atoms with Crippen molar-refractivity contribution in [2.75, 3.05) is 13.2 Å². The Labute approximate surface area is 119 Å². The van der Waals surface area contributed by atoms with Gasteiger partial charge in [0.15, 0.2) is 0 Å². The van der Waals surface area contributed by atoms with Crippen molar-refractivity contribution < 1.29 is 4.74 Å². The molecular formula is C16H21N3O. The summed E-state index contributed by atoms with van der Waals surface area (Å²) in [4.78, 5) is 0. The molecule has 106 valence electrons. The summed E-state index contributed by atoms with van der Waals surface area (Å²) in [5.74, 6) is 0. The standard InChI is InChI=1S/C16H21N3O/c1-2-17-16(15-9-6-12-20-15)14-10-11-18-19(14)13-7-4-3-5-8-13/h3-5,7-8,10-11,15-17H,2,6,9,12H2,1H3. The Balaban J connectivity index is 1.93. The molecule has 0 radical (unpaired) electrons. The van der Waals surface area contributed by atoms with Gasteiger partial charge in [-0.05, 0) is 37.6 Å². The molecule has 4 nitrogen and oxygen atoms in total. The average molecular weight is 271 g/mol. The molecular weight excluding hydrogens is 250 g/mol. The van der Waals surface area contributed by atoms with Crippen LogP contribution in [0.2, 0.25) is 0 Å². The minimum absolute atomic E-state index is 0.199. The highest BCUT2D eigenvalue weighted by molar-refractivity contribution is 5.33. The largest absolute Gasteiger partial charge is 0.376 e. The summed E-state index contributed by atoms with van der Waals surface area (Å²) in [5, 5.41) is 8.03. The SMILES string of the molecule is CCNC(c1ccnn1-c1ccccc1)C1CCCO1. The molecule has 0 amide bonds. The van der Waals surface area contributed by atoms with E-state index in [4.69, 9.17) is 4.74 Å². The third kappa shape index (κ3) is 2.62. The Kier molecular flexibility index (Phi) is 4.14. The molecule has 0 aliphatic carbocycles. The molecule has 1 aliphatic rings. The molecule has 4 heteroatoms. The van der Waals surface area contributed by atoms with Crippen molar-refractivity contribution in [3.8, 4) is 5.69 Å². The second-order valence-corrected chi connectivity index (χ2v) is 5.09. The number of para-hydroxylation sites is 1. The van der Waals surface area contributed by atoms with Crippen LogP contribution in [0.1, 0.15) is 31.5 Å². The van der Waals surface area contributed by atoms with Crippen molar-refractivity contribution >= 4 is 0 Å². The maximum absolute atomic E-state index is 5.88. The first kappa shape index (κ1) is 13.3. The fourth-order valence-electron chi connectivity index (χ4n) is 2.85. The van der Waals surface area contributed by atoms with E-state index in [1.165, 1.54) is 5.69 Å². The topological polar surface area (TPSA) is 39.1 Å². The number of nitrogens with zero attached hydrogens (tertiary/aromatic N) is 2. The van der Waals surface area contributed by atoms with Gasteiger partial charge >= 0.3 is 0 Å². The van der Waals surface area contributed by atoms with Gasteiger partial charge in [0.2, 0.25) is 0 Å². The van der Waals surface area contributed by atoms with Crippen molar-refractivity contribution in [3.63, 3.8) is 0 Å². The van der Waals surface area contributed by atoms with Crippen LogP contribution in [0.15, 0.2) is 42.6 Å². The maximum Gasteiger partial charge on any atom is 0.0786 e. The monoisotopic (exact) mass is 271 g/mol. The van der Waals surface area contributed by atoms with Gasteiger partial charge in [-0.1, -0.05) is 25.1 Å². The number of hydrogen-bond donors (Lipinski definition) is 1. The summed E-state index contributed by atoms with van der Waals surface area (Å²) < 4.78 is 7.89. The zero-order valence-electron chi connectivity index (χ0n) is 11.8. The van der Waals surface area contributed by atoms with Crippen molar-refractivity contribution in [2.24, 2.45) is 0 Å². The first-order chi connectivity index (χ1) is 9.90. The van der Waals surface area contributed by atoms with Gasteiger partial charge in [-0.3, -0.25) is 0 Å². The van der Waals surface area contributed by atoms with E-state index >= 15 is 0 Å². The van der Waals surface area contributed by atoms with Gasteiger partial charge in [0.1, 0.15) is 0 Å². The van der Waals surface area contributed by atoms with Crippen LogP contribution in [0.5, 0.6) is 0 Å². The van der Waals surface area contributed by atoms with E-state index in [0.717, 1.165) is 31.7 Å². The normalized spacial score (nSPS) is 20.1. The number of nitrogens with one attached hydrogen (secondary N) is 1. The van der Waals surface area contributed by atoms with Gasteiger partial charge in [-0.25, -0.2) is 4.68 Å². The molecule has 1 saturated heterocycles. The Bertz CT molecular complexity index is 532. The lowest BCUT2D eigenvalue weighted by Crippen LogP contribution is -2.33. The molecule has 1 aromatic carbocycles. The minimum atomic E-state index is 0.199. The predicted octanol–water partition coefficient (Wildman–Crippen LogP) is 2.70. The lowest BCUT2D eigenvalue weighted by Gasteiger charge is -2.24. The summed E-state index contributed by atoms with van der Waals surface area (Å²) in [5.41, 5.74) is 2.26. The second kappa shape index (κ2) is 6.20. The maximum atomic E-state index is 5.88. The van der Waals surface area contributed by atoms with E-state index in [1.54, 1.807) is 0 Å². The van der Waals surface area contributed by atoms with Crippen LogP contribution in [0.4, 0.5) is 0 Å². The summed E-state index contributed by atoms with van der Waals surface area (Å²) in [7, 11) is 0. The van der Waals surface area contributed by atoms with Gasteiger partial charge < -0.3 is 10.1 Å². The Hall–Kier alpha value is -1.65. The van der Waals surface area contributed by atoms with Gasteiger partial charge in [0.05, 0.1) is 23.5 Å². The first-order valence-electron chi connectivity index (χ1n) is 7.34. The van der Waals surface area contributed by atoms with Crippen LogP contribution in [0.3, 0.4) is 0 Å². The fraction of sp³-hybridized carbons (Fsp3) is 0.438. The predicted molar refractivity (Wildman–Crippen MR) is 79.0 cm³/mol.